The molecule has 0 radical (unpaired) electrons. The molecule has 3 aromatic rings. The molecule has 2 aliphatic heterocycles. The smallest absolute Gasteiger partial charge is 0.410 e. The van der Waals surface area contributed by atoms with Gasteiger partial charge in [-0.05, 0) is 39.0 Å². The summed E-state index contributed by atoms with van der Waals surface area (Å²) in [5.74, 6) is -0.880. The summed E-state index contributed by atoms with van der Waals surface area (Å²) in [4.78, 5) is 31.0. The molecule has 34 heavy (non-hydrogen) atoms. The van der Waals surface area contributed by atoms with Gasteiger partial charge in [-0.1, -0.05) is 6.07 Å². The first-order chi connectivity index (χ1) is 16.1. The monoisotopic (exact) mass is 460 g/mol. The van der Waals surface area contributed by atoms with Gasteiger partial charge in [-0.3, -0.25) is 9.69 Å². The highest BCUT2D eigenvalue weighted by Gasteiger charge is 2.32. The van der Waals surface area contributed by atoms with Gasteiger partial charge in [-0.15, -0.1) is 0 Å². The lowest BCUT2D eigenvalue weighted by molar-refractivity contribution is 0.0239. The molecule has 2 aliphatic rings. The highest BCUT2D eigenvalue weighted by atomic mass is 19.1. The van der Waals surface area contributed by atoms with E-state index in [1.54, 1.807) is 42.6 Å². The fourth-order valence-corrected chi connectivity index (χ4v) is 4.13. The number of pyridine rings is 1. The maximum Gasteiger partial charge on any atom is 0.410 e. The van der Waals surface area contributed by atoms with E-state index in [2.05, 4.69) is 15.4 Å². The van der Waals surface area contributed by atoms with Gasteiger partial charge in [0.1, 0.15) is 11.4 Å². The Morgan fingerprint density at radius 1 is 1.24 bits per heavy atom. The predicted octanol–water partition coefficient (Wildman–Crippen LogP) is 3.44. The van der Waals surface area contributed by atoms with E-state index in [1.807, 2.05) is 6.07 Å². The van der Waals surface area contributed by atoms with Crippen molar-refractivity contribution in [1.82, 2.24) is 25.0 Å². The van der Waals surface area contributed by atoms with Crippen LogP contribution in [0.25, 0.3) is 16.9 Å². The molecule has 4 heterocycles. The van der Waals surface area contributed by atoms with Crippen molar-refractivity contribution in [1.29, 1.82) is 5.26 Å². The lowest BCUT2D eigenvalue weighted by atomic mass is 10.0. The van der Waals surface area contributed by atoms with Gasteiger partial charge in [0.15, 0.2) is 0 Å². The molecule has 0 bridgehead atoms. The van der Waals surface area contributed by atoms with E-state index in [0.717, 1.165) is 5.56 Å². The number of nitrogens with one attached hydrogen (secondary N) is 1. The Kier molecular flexibility index (Phi) is 4.86. The van der Waals surface area contributed by atoms with Gasteiger partial charge >= 0.3 is 6.09 Å². The van der Waals surface area contributed by atoms with Crippen LogP contribution in [0.1, 0.15) is 53.6 Å². The number of hydrogen-bond donors (Lipinski definition) is 1. The molecule has 0 aliphatic carbocycles. The molecule has 2 aromatic heterocycles. The number of fused-ring (bicyclic) bond motifs is 2. The number of hydrogen-bond acceptors (Lipinski definition) is 6. The number of nitriles is 1. The summed E-state index contributed by atoms with van der Waals surface area (Å²) in [6.07, 6.45) is 1.32. The first kappa shape index (κ1) is 21.6. The molecule has 0 saturated carbocycles. The summed E-state index contributed by atoms with van der Waals surface area (Å²) in [5, 5.41) is 16.8. The van der Waals surface area contributed by atoms with Gasteiger partial charge in [-0.2, -0.15) is 10.4 Å². The van der Waals surface area contributed by atoms with Crippen LogP contribution in [0.2, 0.25) is 0 Å². The third kappa shape index (κ3) is 3.65. The van der Waals surface area contributed by atoms with Gasteiger partial charge in [0.25, 0.3) is 5.91 Å². The minimum atomic E-state index is -0.604. The largest absolute Gasteiger partial charge is 0.444 e. The zero-order chi connectivity index (χ0) is 24.2. The summed E-state index contributed by atoms with van der Waals surface area (Å²) >= 11 is 0. The lowest BCUT2D eigenvalue weighted by Gasteiger charge is -2.24. The normalized spacial score (nSPS) is 14.4. The molecular weight excluding hydrogens is 439 g/mol. The predicted molar refractivity (Wildman–Crippen MR) is 118 cm³/mol. The van der Waals surface area contributed by atoms with Crippen molar-refractivity contribution in [2.24, 2.45) is 0 Å². The molecule has 1 N–H and O–H groups in total. The maximum atomic E-state index is 14.7. The molecule has 0 fully saturated rings. The Balaban J connectivity index is 1.55. The van der Waals surface area contributed by atoms with E-state index in [1.165, 1.54) is 18.2 Å². The van der Waals surface area contributed by atoms with Gasteiger partial charge in [0, 0.05) is 11.8 Å². The number of halogens is 1. The van der Waals surface area contributed by atoms with E-state index in [0.29, 0.717) is 29.2 Å². The number of carbonyl (C=O) groups is 2. The van der Waals surface area contributed by atoms with Crippen LogP contribution in [0, 0.1) is 17.1 Å². The fraction of sp³-hybridized carbons (Fsp3) is 0.292. The number of nitrogens with zero attached hydrogens (tertiary/aromatic N) is 5. The summed E-state index contributed by atoms with van der Waals surface area (Å²) < 4.78 is 21.7. The highest BCUT2D eigenvalue weighted by Crippen LogP contribution is 2.32. The van der Waals surface area contributed by atoms with Crippen LogP contribution >= 0.6 is 0 Å². The van der Waals surface area contributed by atoms with Crippen LogP contribution in [0.15, 0.2) is 30.5 Å². The van der Waals surface area contributed by atoms with Crippen LogP contribution in [-0.4, -0.2) is 37.3 Å². The van der Waals surface area contributed by atoms with E-state index < -0.39 is 17.5 Å². The van der Waals surface area contributed by atoms with Crippen molar-refractivity contribution in [3.63, 3.8) is 0 Å². The van der Waals surface area contributed by atoms with Crippen LogP contribution in [0.4, 0.5) is 9.18 Å². The SMILES string of the molecule is CC(C)(C)OC(=O)N1Cc2cn(-c3cc(-c4c(F)cccc4C#N)nc4c3C(=O)NC4)nc2C1. The van der Waals surface area contributed by atoms with E-state index in [-0.39, 0.29) is 35.8 Å². The van der Waals surface area contributed by atoms with Crippen molar-refractivity contribution in [2.45, 2.75) is 46.0 Å². The Labute approximate surface area is 194 Å². The maximum absolute atomic E-state index is 14.7. The molecule has 172 valence electrons. The van der Waals surface area contributed by atoms with Crippen LogP contribution in [0.3, 0.4) is 0 Å². The van der Waals surface area contributed by atoms with Gasteiger partial charge in [0.05, 0.1) is 65.2 Å². The summed E-state index contributed by atoms with van der Waals surface area (Å²) in [7, 11) is 0. The molecule has 1 aromatic carbocycles. The molecule has 5 rings (SSSR count). The fourth-order valence-electron chi connectivity index (χ4n) is 4.13. The highest BCUT2D eigenvalue weighted by molar-refractivity contribution is 6.01. The third-order valence-corrected chi connectivity index (χ3v) is 5.58. The number of amides is 2. The number of ether oxygens (including phenoxy) is 1. The van der Waals surface area contributed by atoms with Gasteiger partial charge in [0.2, 0.25) is 0 Å². The van der Waals surface area contributed by atoms with E-state index in [9.17, 15) is 19.2 Å². The molecule has 0 atom stereocenters. The minimum absolute atomic E-state index is 0.0733. The number of rotatable bonds is 2. The van der Waals surface area contributed by atoms with Crippen molar-refractivity contribution >= 4 is 12.0 Å². The zero-order valence-electron chi connectivity index (χ0n) is 18.8. The van der Waals surface area contributed by atoms with Gasteiger partial charge in [-0.25, -0.2) is 18.9 Å². The first-order valence-electron chi connectivity index (χ1n) is 10.7. The van der Waals surface area contributed by atoms with Crippen LogP contribution in [-0.2, 0) is 24.4 Å². The second-order valence-corrected chi connectivity index (χ2v) is 9.19. The van der Waals surface area contributed by atoms with Crippen molar-refractivity contribution in [3.05, 3.63) is 64.4 Å². The topological polar surface area (TPSA) is 113 Å². The number of carbonyl (C=O) groups excluding carboxylic acids is 2. The quantitative estimate of drug-likeness (QED) is 0.627. The molecule has 2 amide bonds. The third-order valence-electron chi connectivity index (χ3n) is 5.58. The van der Waals surface area contributed by atoms with E-state index >= 15 is 0 Å². The summed E-state index contributed by atoms with van der Waals surface area (Å²) in [6.45, 7) is 6.21. The molecule has 9 nitrogen and oxygen atoms in total. The van der Waals surface area contributed by atoms with Crippen LogP contribution in [0.5, 0.6) is 0 Å². The molecule has 0 saturated heterocycles. The van der Waals surface area contributed by atoms with Crippen molar-refractivity contribution in [2.75, 3.05) is 0 Å². The Morgan fingerprint density at radius 3 is 2.74 bits per heavy atom. The average Bonchev–Trinajstić information content (AvgIpc) is 3.45. The van der Waals surface area contributed by atoms with Crippen molar-refractivity contribution < 1.29 is 18.7 Å². The molecule has 0 unspecified atom stereocenters. The standard InChI is InChI=1S/C24H21FN6O3/c1-24(2,3)34-23(33)30-10-14-11-31(29-18(14)12-30)19-7-16(28-17-9-27-22(32)21(17)19)20-13(8-26)5-4-6-15(20)25/h4-7,11H,9-10,12H2,1-3H3,(H,27,32). The average molecular weight is 460 g/mol. The Hall–Kier alpha value is -4.26. The van der Waals surface area contributed by atoms with E-state index in [4.69, 9.17) is 4.74 Å². The second kappa shape index (κ2) is 7.66. The second-order valence-electron chi connectivity index (χ2n) is 9.19. The van der Waals surface area contributed by atoms with Crippen molar-refractivity contribution in [3.8, 4) is 23.0 Å². The number of aromatic nitrogens is 3. The zero-order valence-corrected chi connectivity index (χ0v) is 18.8. The first-order valence-corrected chi connectivity index (χ1v) is 10.7. The number of benzene rings is 1. The minimum Gasteiger partial charge on any atom is -0.444 e. The molecule has 10 heteroatoms. The molecule has 0 spiro atoms. The summed E-state index contributed by atoms with van der Waals surface area (Å²) in [6, 6.07) is 7.81. The molecular formula is C24H21FN6O3. The summed E-state index contributed by atoms with van der Waals surface area (Å²) in [5.41, 5.74) is 2.59. The van der Waals surface area contributed by atoms with Crippen LogP contribution < -0.4 is 5.32 Å². The Bertz CT molecular complexity index is 1380. The van der Waals surface area contributed by atoms with Gasteiger partial charge < -0.3 is 10.1 Å². The lowest BCUT2D eigenvalue weighted by Crippen LogP contribution is -2.33. The Morgan fingerprint density at radius 2 is 2.03 bits per heavy atom.